The summed E-state index contributed by atoms with van der Waals surface area (Å²) in [6.07, 6.45) is 0.406. The Morgan fingerprint density at radius 2 is 2.00 bits per heavy atom. The topological polar surface area (TPSA) is 39.1 Å². The summed E-state index contributed by atoms with van der Waals surface area (Å²) in [6.45, 7) is 3.67. The molecule has 0 saturated carbocycles. The number of rotatable bonds is 3. The van der Waals surface area contributed by atoms with E-state index in [0.717, 1.165) is 31.7 Å². The van der Waals surface area contributed by atoms with Gasteiger partial charge in [0.25, 0.3) is 0 Å². The molecular weight excluding hydrogens is 288 g/mol. The van der Waals surface area contributed by atoms with Crippen molar-refractivity contribution in [3.63, 3.8) is 0 Å². The molecule has 2 rings (SSSR count). The Kier molecular flexibility index (Phi) is 8.70. The number of benzene rings is 1. The van der Waals surface area contributed by atoms with Crippen molar-refractivity contribution in [2.75, 3.05) is 26.2 Å². The monoisotopic (exact) mass is 305 g/mol. The van der Waals surface area contributed by atoms with E-state index in [2.05, 4.69) is 16.3 Å². The highest BCUT2D eigenvalue weighted by molar-refractivity contribution is 5.85. The van der Waals surface area contributed by atoms with Crippen LogP contribution in [0.4, 0.5) is 4.39 Å². The molecule has 0 bridgehead atoms. The van der Waals surface area contributed by atoms with E-state index in [1.54, 1.807) is 6.07 Å². The van der Waals surface area contributed by atoms with E-state index in [9.17, 15) is 4.39 Å². The lowest BCUT2D eigenvalue weighted by molar-refractivity contribution is 0.175. The zero-order chi connectivity index (χ0) is 12.1. The molecule has 6 heteroatoms. The molecule has 106 valence electrons. The average Bonchev–Trinajstić information content (AvgIpc) is 2.37. The van der Waals surface area contributed by atoms with E-state index in [-0.39, 0.29) is 36.7 Å². The number of hydrogen-bond donors (Lipinski definition) is 1. The predicted molar refractivity (Wildman–Crippen MR) is 78.3 cm³/mol. The maximum atomic E-state index is 13.2. The summed E-state index contributed by atoms with van der Waals surface area (Å²) in [5.74, 6) is -0.236. The molecule has 0 aliphatic carbocycles. The smallest absolute Gasteiger partial charge is 0.123 e. The molecule has 3 nitrogen and oxygen atoms in total. The molecule has 0 unspecified atom stereocenters. The van der Waals surface area contributed by atoms with E-state index in [1.165, 1.54) is 12.1 Å². The van der Waals surface area contributed by atoms with Gasteiger partial charge in [0.15, 0.2) is 0 Å². The Morgan fingerprint density at radius 3 is 2.58 bits per heavy atom. The SMILES string of the molecule is Cl.Cl.N#CC[C@@H](c1cccc(F)c1)N1CCNCC1. The number of halogens is 3. The minimum atomic E-state index is -0.236. The van der Waals surface area contributed by atoms with Gasteiger partial charge < -0.3 is 5.32 Å². The van der Waals surface area contributed by atoms with Gasteiger partial charge in [-0.1, -0.05) is 12.1 Å². The molecule has 0 amide bonds. The molecule has 1 aromatic rings. The summed E-state index contributed by atoms with van der Waals surface area (Å²) in [6, 6.07) is 8.78. The van der Waals surface area contributed by atoms with Crippen LogP contribution in [0.5, 0.6) is 0 Å². The van der Waals surface area contributed by atoms with Crippen LogP contribution in [0.3, 0.4) is 0 Å². The molecule has 19 heavy (non-hydrogen) atoms. The summed E-state index contributed by atoms with van der Waals surface area (Å²) in [7, 11) is 0. The van der Waals surface area contributed by atoms with Gasteiger partial charge in [0, 0.05) is 32.2 Å². The molecule has 1 aliphatic rings. The summed E-state index contributed by atoms with van der Waals surface area (Å²) in [4.78, 5) is 2.24. The first-order chi connectivity index (χ1) is 8.31. The number of nitriles is 1. The largest absolute Gasteiger partial charge is 0.314 e. The van der Waals surface area contributed by atoms with Crippen LogP contribution >= 0.6 is 24.8 Å². The molecule has 1 N–H and O–H groups in total. The third-order valence-electron chi connectivity index (χ3n) is 3.11. The Bertz CT molecular complexity index is 417. The first-order valence-electron chi connectivity index (χ1n) is 5.88. The van der Waals surface area contributed by atoms with Gasteiger partial charge in [-0.3, -0.25) is 4.90 Å². The molecule has 0 radical (unpaired) electrons. The van der Waals surface area contributed by atoms with Crippen LogP contribution in [0.2, 0.25) is 0 Å². The van der Waals surface area contributed by atoms with Gasteiger partial charge in [0.2, 0.25) is 0 Å². The van der Waals surface area contributed by atoms with Crippen molar-refractivity contribution in [1.82, 2.24) is 10.2 Å². The zero-order valence-corrected chi connectivity index (χ0v) is 12.1. The molecule has 0 spiro atoms. The van der Waals surface area contributed by atoms with Crippen LogP contribution in [-0.2, 0) is 0 Å². The fourth-order valence-corrected chi connectivity index (χ4v) is 2.25. The molecule has 1 saturated heterocycles. The van der Waals surface area contributed by atoms with Crippen LogP contribution in [0.25, 0.3) is 0 Å². The fraction of sp³-hybridized carbons (Fsp3) is 0.462. The normalized spacial score (nSPS) is 16.6. The second-order valence-corrected chi connectivity index (χ2v) is 4.22. The maximum Gasteiger partial charge on any atom is 0.123 e. The van der Waals surface area contributed by atoms with Crippen LogP contribution in [0, 0.1) is 17.1 Å². The minimum absolute atomic E-state index is 0. The van der Waals surface area contributed by atoms with Gasteiger partial charge in [-0.05, 0) is 17.7 Å². The number of nitrogens with one attached hydrogen (secondary N) is 1. The number of hydrogen-bond acceptors (Lipinski definition) is 3. The highest BCUT2D eigenvalue weighted by Gasteiger charge is 2.21. The lowest BCUT2D eigenvalue weighted by Gasteiger charge is -2.34. The molecule has 1 fully saturated rings. The lowest BCUT2D eigenvalue weighted by Crippen LogP contribution is -2.45. The van der Waals surface area contributed by atoms with Gasteiger partial charge in [0.1, 0.15) is 5.82 Å². The van der Waals surface area contributed by atoms with Crippen LogP contribution in [0.1, 0.15) is 18.0 Å². The van der Waals surface area contributed by atoms with Crippen molar-refractivity contribution in [3.05, 3.63) is 35.6 Å². The maximum absolute atomic E-state index is 13.2. The average molecular weight is 306 g/mol. The Balaban J connectivity index is 0.00000162. The summed E-state index contributed by atoms with van der Waals surface area (Å²) in [5.41, 5.74) is 0.897. The van der Waals surface area contributed by atoms with Crippen molar-refractivity contribution in [1.29, 1.82) is 5.26 Å². The van der Waals surface area contributed by atoms with Crippen molar-refractivity contribution < 1.29 is 4.39 Å². The Morgan fingerprint density at radius 1 is 1.32 bits per heavy atom. The number of nitrogens with zero attached hydrogens (tertiary/aromatic N) is 2. The molecule has 1 heterocycles. The fourth-order valence-electron chi connectivity index (χ4n) is 2.25. The van der Waals surface area contributed by atoms with Crippen molar-refractivity contribution in [3.8, 4) is 6.07 Å². The van der Waals surface area contributed by atoms with Crippen molar-refractivity contribution in [2.45, 2.75) is 12.5 Å². The second-order valence-electron chi connectivity index (χ2n) is 4.22. The molecular formula is C13H18Cl2FN3. The first kappa shape index (κ1) is 18.1. The first-order valence-corrected chi connectivity index (χ1v) is 5.88. The standard InChI is InChI=1S/C13H16FN3.2ClH/c14-12-3-1-2-11(10-12)13(4-5-15)17-8-6-16-7-9-17;;/h1-3,10,13,16H,4,6-9H2;2*1H/t13-;;/m0../s1. The van der Waals surface area contributed by atoms with Gasteiger partial charge in [-0.2, -0.15) is 5.26 Å². The highest BCUT2D eigenvalue weighted by atomic mass is 35.5. The third kappa shape index (κ3) is 4.96. The highest BCUT2D eigenvalue weighted by Crippen LogP contribution is 2.24. The van der Waals surface area contributed by atoms with Gasteiger partial charge in [-0.15, -0.1) is 24.8 Å². The van der Waals surface area contributed by atoms with Crippen LogP contribution in [0.15, 0.2) is 24.3 Å². The molecule has 0 aromatic heterocycles. The molecule has 1 aliphatic heterocycles. The van der Waals surface area contributed by atoms with E-state index in [0.29, 0.717) is 6.42 Å². The van der Waals surface area contributed by atoms with Gasteiger partial charge >= 0.3 is 0 Å². The number of piperazine rings is 1. The third-order valence-corrected chi connectivity index (χ3v) is 3.11. The predicted octanol–water partition coefficient (Wildman–Crippen LogP) is 2.53. The van der Waals surface area contributed by atoms with Crippen LogP contribution in [-0.4, -0.2) is 31.1 Å². The van der Waals surface area contributed by atoms with Gasteiger partial charge in [0.05, 0.1) is 12.5 Å². The van der Waals surface area contributed by atoms with E-state index >= 15 is 0 Å². The quantitative estimate of drug-likeness (QED) is 0.933. The van der Waals surface area contributed by atoms with Crippen LogP contribution < -0.4 is 5.32 Å². The summed E-state index contributed by atoms with van der Waals surface area (Å²) < 4.78 is 13.2. The molecule has 1 aromatic carbocycles. The van der Waals surface area contributed by atoms with Crippen molar-refractivity contribution in [2.24, 2.45) is 0 Å². The van der Waals surface area contributed by atoms with Crippen molar-refractivity contribution >= 4 is 24.8 Å². The lowest BCUT2D eigenvalue weighted by atomic mass is 10.0. The Labute approximate surface area is 125 Å². The molecule has 1 atom stereocenters. The second kappa shape index (κ2) is 9.11. The Hall–Kier alpha value is -0.860. The zero-order valence-electron chi connectivity index (χ0n) is 10.5. The van der Waals surface area contributed by atoms with Gasteiger partial charge in [-0.25, -0.2) is 4.39 Å². The van der Waals surface area contributed by atoms with E-state index in [4.69, 9.17) is 5.26 Å². The van der Waals surface area contributed by atoms with E-state index < -0.39 is 0 Å². The summed E-state index contributed by atoms with van der Waals surface area (Å²) >= 11 is 0. The minimum Gasteiger partial charge on any atom is -0.314 e. The summed E-state index contributed by atoms with van der Waals surface area (Å²) in [5, 5.41) is 12.2. The van der Waals surface area contributed by atoms with E-state index in [1.807, 2.05) is 6.07 Å².